The minimum atomic E-state index is -5.18. The van der Waals surface area contributed by atoms with Crippen LogP contribution < -0.4 is 0 Å². The maximum atomic E-state index is 9.58. The fourth-order valence-electron chi connectivity index (χ4n) is 0. The molecular formula is H7O9P3. The van der Waals surface area contributed by atoms with Gasteiger partial charge in [-0.05, 0) is 0 Å². The van der Waals surface area contributed by atoms with Crippen molar-refractivity contribution in [3.63, 3.8) is 0 Å². The highest BCUT2D eigenvalue weighted by Gasteiger charge is 2.37. The molecule has 0 fully saturated rings. The average Bonchev–Trinajstić information content (AvgIpc) is 1.55. The van der Waals surface area contributed by atoms with Crippen molar-refractivity contribution in [2.24, 2.45) is 0 Å². The van der Waals surface area contributed by atoms with Gasteiger partial charge in [-0.25, -0.2) is 9.13 Å². The summed E-state index contributed by atoms with van der Waals surface area (Å²) in [5.74, 6) is 0. The van der Waals surface area contributed by atoms with Gasteiger partial charge in [0.1, 0.15) is 0 Å². The Morgan fingerprint density at radius 2 is 0.917 bits per heavy atom. The van der Waals surface area contributed by atoms with Crippen LogP contribution in [0.5, 0.6) is 0 Å². The number of rotatable bonds is 1. The summed E-state index contributed by atoms with van der Waals surface area (Å²) in [5, 5.41) is 0. The van der Waals surface area contributed by atoms with Crippen molar-refractivity contribution in [3.8, 4) is 0 Å². The summed E-state index contributed by atoms with van der Waals surface area (Å²) in [7, 11) is -13.5. The van der Waals surface area contributed by atoms with Crippen LogP contribution in [-0.2, 0) is 13.7 Å². The fraction of sp³-hybridized carbons (Fsp3) is 0. The minimum Gasteiger partial charge on any atom is -0.326 e. The highest BCUT2D eigenvalue weighted by molar-refractivity contribution is 8.26. The van der Waals surface area contributed by atoms with E-state index < -0.39 is 22.8 Å². The zero-order valence-electron chi connectivity index (χ0n) is 5.30. The van der Waals surface area contributed by atoms with Crippen molar-refractivity contribution < 1.29 is 43.1 Å². The van der Waals surface area contributed by atoms with Crippen LogP contribution in [-0.4, -0.2) is 29.4 Å². The van der Waals surface area contributed by atoms with E-state index in [1.54, 1.807) is 0 Å². The Labute approximate surface area is 66.8 Å². The molecule has 0 amide bonds. The summed E-state index contributed by atoms with van der Waals surface area (Å²) in [6, 6.07) is 0. The van der Waals surface area contributed by atoms with E-state index in [1.165, 1.54) is 0 Å². The predicted molar refractivity (Wildman–Crippen MR) is 37.5 cm³/mol. The molecule has 0 aromatic rings. The fourth-order valence-corrected chi connectivity index (χ4v) is 0. The smallest absolute Gasteiger partial charge is 0.326 e. The third kappa shape index (κ3) is 10.4. The Bertz CT molecular complexity index is 202. The van der Waals surface area contributed by atoms with Crippen molar-refractivity contribution in [2.75, 3.05) is 0 Å². The van der Waals surface area contributed by atoms with Crippen molar-refractivity contribution >= 4 is 22.8 Å². The molecule has 12 heavy (non-hydrogen) atoms. The minimum absolute atomic E-state index is 3.13. The van der Waals surface area contributed by atoms with Gasteiger partial charge in [-0.15, -0.1) is 0 Å². The second-order valence-corrected chi connectivity index (χ2v) is 7.05. The molecule has 0 atom stereocenters. The second-order valence-electron chi connectivity index (χ2n) is 1.31. The van der Waals surface area contributed by atoms with Crippen molar-refractivity contribution in [1.82, 2.24) is 0 Å². The Hall–Kier alpha value is 0.450. The molecule has 0 aliphatic rings. The molecule has 0 aromatic carbocycles. The molecule has 0 aromatic heterocycles. The molecule has 0 saturated heterocycles. The van der Waals surface area contributed by atoms with Crippen LogP contribution in [0, 0.1) is 0 Å². The van der Waals surface area contributed by atoms with Gasteiger partial charge < -0.3 is 29.4 Å². The Kier molecular flexibility index (Phi) is 6.52. The molecule has 0 bridgehead atoms. The van der Waals surface area contributed by atoms with Crippen molar-refractivity contribution in [2.45, 2.75) is 0 Å². The van der Waals surface area contributed by atoms with Gasteiger partial charge in [0.25, 0.3) is 0 Å². The molecule has 0 unspecified atom stereocenters. The van der Waals surface area contributed by atoms with E-state index >= 15 is 0 Å². The molecule has 12 heteroatoms. The van der Waals surface area contributed by atoms with Gasteiger partial charge in [0, 0.05) is 0 Å². The maximum absolute atomic E-state index is 9.58. The highest BCUT2D eigenvalue weighted by atomic mass is 32.1. The van der Waals surface area contributed by atoms with Gasteiger partial charge in [0.2, 0.25) is 0 Å². The van der Waals surface area contributed by atoms with E-state index in [0.29, 0.717) is 0 Å². The first kappa shape index (κ1) is 14.9. The van der Waals surface area contributed by atoms with E-state index in [4.69, 9.17) is 33.9 Å². The van der Waals surface area contributed by atoms with Crippen LogP contribution in [0.15, 0.2) is 0 Å². The molecule has 9 nitrogen and oxygen atoms in total. The van der Waals surface area contributed by atoms with E-state index in [-0.39, 0.29) is 0 Å². The van der Waals surface area contributed by atoms with E-state index in [2.05, 4.69) is 0 Å². The lowest BCUT2D eigenvalue weighted by atomic mass is 15.8. The summed E-state index contributed by atoms with van der Waals surface area (Å²) in [4.78, 5) is 45.1. The summed E-state index contributed by atoms with van der Waals surface area (Å²) in [6.45, 7) is 0. The lowest BCUT2D eigenvalue weighted by Crippen LogP contribution is -1.78. The molecule has 0 radical (unpaired) electrons. The predicted octanol–water partition coefficient (Wildman–Crippen LogP) is -1.38. The Morgan fingerprint density at radius 3 is 0.917 bits per heavy atom. The second kappa shape index (κ2) is 5.24. The molecule has 0 aliphatic carbocycles. The average molecular weight is 244 g/mol. The Morgan fingerprint density at radius 1 is 0.833 bits per heavy atom. The maximum Gasteiger partial charge on any atom is 0.435 e. The molecule has 0 rings (SSSR count). The first-order valence-electron chi connectivity index (χ1n) is 2.02. The largest absolute Gasteiger partial charge is 0.435 e. The van der Waals surface area contributed by atoms with Gasteiger partial charge >= 0.3 is 22.8 Å². The SMILES string of the molecule is O=P(O)(O)P(=O)(O)O.O=[PH](O)O. The summed E-state index contributed by atoms with van der Waals surface area (Å²) in [5.41, 5.74) is 0. The van der Waals surface area contributed by atoms with E-state index in [1.807, 2.05) is 0 Å². The van der Waals surface area contributed by atoms with Gasteiger partial charge in [-0.3, -0.25) is 4.57 Å². The van der Waals surface area contributed by atoms with Gasteiger partial charge in [0.05, 0.1) is 0 Å². The molecule has 0 saturated carbocycles. The zero-order valence-corrected chi connectivity index (χ0v) is 8.09. The van der Waals surface area contributed by atoms with Crippen LogP contribution in [0.25, 0.3) is 0 Å². The normalized spacial score (nSPS) is 12.2. The van der Waals surface area contributed by atoms with Crippen LogP contribution in [0.1, 0.15) is 0 Å². The number of hydrogen-bond donors (Lipinski definition) is 6. The molecule has 76 valence electrons. The molecule has 0 aliphatic heterocycles. The first-order valence-corrected chi connectivity index (χ1v) is 7.25. The lowest BCUT2D eigenvalue weighted by molar-refractivity contribution is 0.340. The van der Waals surface area contributed by atoms with Crippen LogP contribution in [0.3, 0.4) is 0 Å². The zero-order chi connectivity index (χ0) is 10.6. The standard InChI is InChI=1S/H4O6P2.H3O3P/c1-7(2,3)8(4,5)6;1-4(2)3/h(H2,1,2,3)(H2,4,5,6);4H,(H2,1,2,3). The lowest BCUT2D eigenvalue weighted by Gasteiger charge is -2.02. The Balaban J connectivity index is 0. The quantitative estimate of drug-likeness (QED) is 0.303. The third-order valence-electron chi connectivity index (χ3n) is 0.339. The summed E-state index contributed by atoms with van der Waals surface area (Å²) in [6.07, 6.45) is 0. The molecular weight excluding hydrogens is 237 g/mol. The molecule has 0 spiro atoms. The topological polar surface area (TPSA) is 173 Å². The van der Waals surface area contributed by atoms with Crippen LogP contribution >= 0.6 is 22.8 Å². The van der Waals surface area contributed by atoms with Crippen molar-refractivity contribution in [3.05, 3.63) is 0 Å². The summed E-state index contributed by atoms with van der Waals surface area (Å²) >= 11 is 0. The van der Waals surface area contributed by atoms with Gasteiger partial charge in [-0.2, -0.15) is 0 Å². The molecule has 0 heterocycles. The summed E-state index contributed by atoms with van der Waals surface area (Å²) < 4.78 is 27.9. The highest BCUT2D eigenvalue weighted by Crippen LogP contribution is 2.71. The van der Waals surface area contributed by atoms with Gasteiger partial charge in [0.15, 0.2) is 0 Å². The molecule has 6 N–H and O–H groups in total. The van der Waals surface area contributed by atoms with Crippen molar-refractivity contribution in [1.29, 1.82) is 0 Å². The van der Waals surface area contributed by atoms with Crippen LogP contribution in [0.4, 0.5) is 0 Å². The number of hydrogen-bond acceptors (Lipinski definition) is 3. The first-order chi connectivity index (χ1) is 4.98. The van der Waals surface area contributed by atoms with Gasteiger partial charge in [-0.1, -0.05) is 0 Å². The van der Waals surface area contributed by atoms with E-state index in [0.717, 1.165) is 0 Å². The third-order valence-corrected chi connectivity index (χ3v) is 3.05. The van der Waals surface area contributed by atoms with Crippen LogP contribution in [0.2, 0.25) is 0 Å². The monoisotopic (exact) mass is 244 g/mol. The van der Waals surface area contributed by atoms with E-state index in [9.17, 15) is 9.13 Å².